The zero-order valence-corrected chi connectivity index (χ0v) is 14.1. The van der Waals surface area contributed by atoms with Gasteiger partial charge in [0, 0.05) is 32.5 Å². The van der Waals surface area contributed by atoms with Crippen LogP contribution in [0.4, 0.5) is 4.79 Å². The van der Waals surface area contributed by atoms with Crippen molar-refractivity contribution in [1.82, 2.24) is 15.5 Å². The number of aromatic nitrogens is 2. The highest BCUT2D eigenvalue weighted by atomic mass is 16.6. The fourth-order valence-electron chi connectivity index (χ4n) is 2.39. The minimum Gasteiger partial charge on any atom is -0.481 e. The minimum atomic E-state index is -0.942. The molecule has 0 aromatic carbocycles. The number of carboxylic acid groups (broad SMARTS) is 1. The van der Waals surface area contributed by atoms with E-state index in [1.165, 1.54) is 0 Å². The molecule has 0 bridgehead atoms. The number of nitrogens with one attached hydrogen (secondary N) is 1. The number of aliphatic carboxylic acids is 1. The van der Waals surface area contributed by atoms with Crippen LogP contribution < -0.4 is 5.32 Å². The standard InChI is InChI=1S/C15H23N3O6/c1-14(2,3)23-13(21)17-15(6-8-22-9-7-15)12-16-10(24-18-12)4-5-11(19)20/h4-9H2,1-3H3,(H,17,21)(H,19,20). The van der Waals surface area contributed by atoms with Crippen LogP contribution in [0.3, 0.4) is 0 Å². The van der Waals surface area contributed by atoms with Crippen LogP contribution in [0, 0.1) is 0 Å². The molecule has 1 amide bonds. The van der Waals surface area contributed by atoms with E-state index in [0.717, 1.165) is 0 Å². The lowest BCUT2D eigenvalue weighted by atomic mass is 9.89. The molecule has 0 atom stereocenters. The Labute approximate surface area is 139 Å². The molecule has 24 heavy (non-hydrogen) atoms. The normalized spacial score (nSPS) is 17.3. The van der Waals surface area contributed by atoms with Crippen molar-refractivity contribution < 1.29 is 28.7 Å². The van der Waals surface area contributed by atoms with E-state index in [2.05, 4.69) is 15.5 Å². The van der Waals surface area contributed by atoms with Crippen LogP contribution in [0.15, 0.2) is 4.52 Å². The molecule has 1 aromatic heterocycles. The Balaban J connectivity index is 2.15. The van der Waals surface area contributed by atoms with Gasteiger partial charge in [-0.25, -0.2) is 4.79 Å². The van der Waals surface area contributed by atoms with E-state index in [1.54, 1.807) is 20.8 Å². The fourth-order valence-corrected chi connectivity index (χ4v) is 2.39. The smallest absolute Gasteiger partial charge is 0.408 e. The van der Waals surface area contributed by atoms with Gasteiger partial charge in [0.25, 0.3) is 0 Å². The topological polar surface area (TPSA) is 124 Å². The van der Waals surface area contributed by atoms with E-state index < -0.39 is 23.2 Å². The molecular formula is C15H23N3O6. The Hall–Kier alpha value is -2.16. The molecular weight excluding hydrogens is 318 g/mol. The first-order valence-electron chi connectivity index (χ1n) is 7.84. The summed E-state index contributed by atoms with van der Waals surface area (Å²) >= 11 is 0. The number of carboxylic acids is 1. The number of hydrogen-bond donors (Lipinski definition) is 2. The van der Waals surface area contributed by atoms with Gasteiger partial charge in [-0.2, -0.15) is 4.98 Å². The van der Waals surface area contributed by atoms with Gasteiger partial charge >= 0.3 is 12.1 Å². The SMILES string of the molecule is CC(C)(C)OC(=O)NC1(c2noc(CCC(=O)O)n2)CCOCC1. The van der Waals surface area contributed by atoms with Crippen LogP contribution in [0.25, 0.3) is 0 Å². The van der Waals surface area contributed by atoms with Gasteiger partial charge in [0.15, 0.2) is 5.82 Å². The maximum absolute atomic E-state index is 12.2. The van der Waals surface area contributed by atoms with Gasteiger partial charge in [-0.3, -0.25) is 4.79 Å². The van der Waals surface area contributed by atoms with Crippen molar-refractivity contribution in [3.05, 3.63) is 11.7 Å². The molecule has 0 unspecified atom stereocenters. The average Bonchev–Trinajstić information content (AvgIpc) is 2.93. The number of nitrogens with zero attached hydrogens (tertiary/aromatic N) is 2. The zero-order chi connectivity index (χ0) is 17.8. The largest absolute Gasteiger partial charge is 0.481 e. The van der Waals surface area contributed by atoms with Crippen molar-refractivity contribution in [2.24, 2.45) is 0 Å². The molecule has 0 spiro atoms. The molecule has 9 heteroatoms. The van der Waals surface area contributed by atoms with Gasteiger partial charge in [0.05, 0.1) is 6.42 Å². The van der Waals surface area contributed by atoms with Crippen molar-refractivity contribution in [3.8, 4) is 0 Å². The Morgan fingerprint density at radius 3 is 2.58 bits per heavy atom. The lowest BCUT2D eigenvalue weighted by Crippen LogP contribution is -2.51. The van der Waals surface area contributed by atoms with Crippen molar-refractivity contribution in [1.29, 1.82) is 0 Å². The second-order valence-electron chi connectivity index (χ2n) is 6.73. The van der Waals surface area contributed by atoms with Crippen molar-refractivity contribution in [2.75, 3.05) is 13.2 Å². The van der Waals surface area contributed by atoms with Crippen LogP contribution in [-0.4, -0.2) is 46.1 Å². The summed E-state index contributed by atoms with van der Waals surface area (Å²) in [7, 11) is 0. The van der Waals surface area contributed by atoms with E-state index in [0.29, 0.717) is 31.9 Å². The highest BCUT2D eigenvalue weighted by Crippen LogP contribution is 2.30. The molecule has 0 radical (unpaired) electrons. The quantitative estimate of drug-likeness (QED) is 0.828. The molecule has 9 nitrogen and oxygen atoms in total. The number of aryl methyl sites for hydroxylation is 1. The second-order valence-corrected chi connectivity index (χ2v) is 6.73. The number of carbonyl (C=O) groups excluding carboxylic acids is 1. The van der Waals surface area contributed by atoms with Crippen LogP contribution in [0.2, 0.25) is 0 Å². The lowest BCUT2D eigenvalue weighted by Gasteiger charge is -2.35. The summed E-state index contributed by atoms with van der Waals surface area (Å²) in [6, 6.07) is 0. The highest BCUT2D eigenvalue weighted by molar-refractivity contribution is 5.69. The second kappa shape index (κ2) is 7.16. The van der Waals surface area contributed by atoms with Crippen LogP contribution in [0.1, 0.15) is 51.7 Å². The lowest BCUT2D eigenvalue weighted by molar-refractivity contribution is -0.137. The molecule has 1 aliphatic heterocycles. The number of ether oxygens (including phenoxy) is 2. The summed E-state index contributed by atoms with van der Waals surface area (Å²) in [5, 5.41) is 15.5. The molecule has 2 rings (SSSR count). The van der Waals surface area contributed by atoms with E-state index in [9.17, 15) is 9.59 Å². The molecule has 1 aliphatic rings. The highest BCUT2D eigenvalue weighted by Gasteiger charge is 2.41. The third kappa shape index (κ3) is 4.92. The summed E-state index contributed by atoms with van der Waals surface area (Å²) in [4.78, 5) is 27.1. The number of alkyl carbamates (subject to hydrolysis) is 1. The molecule has 0 aliphatic carbocycles. The van der Waals surface area contributed by atoms with E-state index >= 15 is 0 Å². The Kier molecular flexibility index (Phi) is 5.43. The first kappa shape index (κ1) is 18.2. The van der Waals surface area contributed by atoms with Gasteiger partial charge in [0.2, 0.25) is 5.89 Å². The zero-order valence-electron chi connectivity index (χ0n) is 14.1. The third-order valence-corrected chi connectivity index (χ3v) is 3.54. The van der Waals surface area contributed by atoms with Crippen molar-refractivity contribution in [3.63, 3.8) is 0 Å². The molecule has 1 saturated heterocycles. The predicted octanol–water partition coefficient (Wildman–Crippen LogP) is 1.62. The molecule has 2 heterocycles. The molecule has 1 aromatic rings. The number of rotatable bonds is 5. The first-order chi connectivity index (χ1) is 11.2. The monoisotopic (exact) mass is 341 g/mol. The Bertz CT molecular complexity index is 586. The summed E-state index contributed by atoms with van der Waals surface area (Å²) < 4.78 is 15.8. The van der Waals surface area contributed by atoms with Gasteiger partial charge in [-0.1, -0.05) is 5.16 Å². The molecule has 2 N–H and O–H groups in total. The van der Waals surface area contributed by atoms with Crippen LogP contribution in [-0.2, 0) is 26.2 Å². The Morgan fingerprint density at radius 1 is 1.33 bits per heavy atom. The van der Waals surface area contributed by atoms with Crippen molar-refractivity contribution in [2.45, 2.75) is 57.6 Å². The summed E-state index contributed by atoms with van der Waals surface area (Å²) in [5.74, 6) is -0.399. The van der Waals surface area contributed by atoms with Gasteiger partial charge in [-0.05, 0) is 20.8 Å². The fraction of sp³-hybridized carbons (Fsp3) is 0.733. The van der Waals surface area contributed by atoms with Crippen LogP contribution >= 0.6 is 0 Å². The number of carbonyl (C=O) groups is 2. The summed E-state index contributed by atoms with van der Waals surface area (Å²) in [5.41, 5.74) is -1.47. The molecule has 0 saturated carbocycles. The average molecular weight is 341 g/mol. The van der Waals surface area contributed by atoms with Gasteiger partial charge in [-0.15, -0.1) is 0 Å². The maximum atomic E-state index is 12.2. The van der Waals surface area contributed by atoms with Gasteiger partial charge < -0.3 is 24.4 Å². The van der Waals surface area contributed by atoms with Crippen LogP contribution in [0.5, 0.6) is 0 Å². The predicted molar refractivity (Wildman–Crippen MR) is 81.4 cm³/mol. The van der Waals surface area contributed by atoms with E-state index in [-0.39, 0.29) is 18.7 Å². The molecule has 1 fully saturated rings. The van der Waals surface area contributed by atoms with E-state index in [1.807, 2.05) is 0 Å². The third-order valence-electron chi connectivity index (χ3n) is 3.54. The number of amides is 1. The van der Waals surface area contributed by atoms with Gasteiger partial charge in [0.1, 0.15) is 11.1 Å². The summed E-state index contributed by atoms with van der Waals surface area (Å²) in [6.45, 7) is 6.22. The van der Waals surface area contributed by atoms with Crippen molar-refractivity contribution >= 4 is 12.1 Å². The molecule has 134 valence electrons. The first-order valence-corrected chi connectivity index (χ1v) is 7.84. The Morgan fingerprint density at radius 2 is 2.00 bits per heavy atom. The number of hydrogen-bond acceptors (Lipinski definition) is 7. The maximum Gasteiger partial charge on any atom is 0.408 e. The summed E-state index contributed by atoms with van der Waals surface area (Å²) in [6.07, 6.45) is 0.425. The van der Waals surface area contributed by atoms with E-state index in [4.69, 9.17) is 19.1 Å². The minimum absolute atomic E-state index is 0.1000.